The second-order valence-electron chi connectivity index (χ2n) is 6.86. The second-order valence-corrected chi connectivity index (χ2v) is 6.86. The zero-order valence-electron chi connectivity index (χ0n) is 14.2. The van der Waals surface area contributed by atoms with Crippen LogP contribution in [0.2, 0.25) is 0 Å². The Morgan fingerprint density at radius 2 is 1.44 bits per heavy atom. The van der Waals surface area contributed by atoms with E-state index in [9.17, 15) is 4.39 Å². The topological polar surface area (TPSA) is 0 Å². The molecule has 0 saturated heterocycles. The number of hydrogen-bond donors (Lipinski definition) is 0. The highest BCUT2D eigenvalue weighted by Crippen LogP contribution is 2.42. The van der Waals surface area contributed by atoms with Crippen LogP contribution < -0.4 is 0 Å². The minimum atomic E-state index is -0.143. The van der Waals surface area contributed by atoms with Crippen molar-refractivity contribution in [3.63, 3.8) is 0 Å². The first-order valence-electron chi connectivity index (χ1n) is 8.58. The predicted octanol–water partition coefficient (Wildman–Crippen LogP) is 7.01. The lowest BCUT2D eigenvalue weighted by Crippen LogP contribution is -1.94. The van der Waals surface area contributed by atoms with Gasteiger partial charge in [-0.3, -0.25) is 0 Å². The molecule has 5 aromatic rings. The maximum atomic E-state index is 14.8. The zero-order valence-corrected chi connectivity index (χ0v) is 14.2. The van der Waals surface area contributed by atoms with Crippen molar-refractivity contribution in [3.05, 3.63) is 83.7 Å². The van der Waals surface area contributed by atoms with E-state index in [1.165, 1.54) is 16.7 Å². The summed E-state index contributed by atoms with van der Waals surface area (Å²) in [5.41, 5.74) is 4.78. The monoisotopic (exact) mass is 324 g/mol. The van der Waals surface area contributed by atoms with Crippen LogP contribution in [0.25, 0.3) is 43.4 Å². The van der Waals surface area contributed by atoms with Crippen molar-refractivity contribution in [1.29, 1.82) is 0 Å². The molecule has 5 rings (SSSR count). The molecule has 0 bridgehead atoms. The van der Waals surface area contributed by atoms with Crippen LogP contribution in [0.5, 0.6) is 0 Å². The number of rotatable bonds is 1. The summed E-state index contributed by atoms with van der Waals surface area (Å²) in [6.45, 7) is 4.21. The SMILES string of the molecule is Cc1ccccc1-c1c(C)cc2c(F)cc3cccc4ccc1c2c43. The molecule has 0 fully saturated rings. The third-order valence-electron chi connectivity index (χ3n) is 5.33. The molecule has 0 unspecified atom stereocenters. The summed E-state index contributed by atoms with van der Waals surface area (Å²) in [5, 5.41) is 6.17. The summed E-state index contributed by atoms with van der Waals surface area (Å²) in [4.78, 5) is 0. The maximum absolute atomic E-state index is 14.8. The molecule has 0 saturated carbocycles. The van der Waals surface area contributed by atoms with Gasteiger partial charge in [0.1, 0.15) is 5.82 Å². The van der Waals surface area contributed by atoms with Gasteiger partial charge in [0, 0.05) is 10.8 Å². The van der Waals surface area contributed by atoms with Gasteiger partial charge < -0.3 is 0 Å². The lowest BCUT2D eigenvalue weighted by molar-refractivity contribution is 0.641. The van der Waals surface area contributed by atoms with E-state index in [1.807, 2.05) is 18.2 Å². The van der Waals surface area contributed by atoms with Crippen molar-refractivity contribution in [2.45, 2.75) is 13.8 Å². The molecule has 0 heterocycles. The molecule has 0 aliphatic rings. The van der Waals surface area contributed by atoms with Gasteiger partial charge >= 0.3 is 0 Å². The molecule has 0 radical (unpaired) electrons. The van der Waals surface area contributed by atoms with Crippen LogP contribution in [0, 0.1) is 19.7 Å². The highest BCUT2D eigenvalue weighted by atomic mass is 19.1. The zero-order chi connectivity index (χ0) is 17.1. The Labute approximate surface area is 145 Å². The summed E-state index contributed by atoms with van der Waals surface area (Å²) in [6.07, 6.45) is 0. The van der Waals surface area contributed by atoms with Crippen LogP contribution in [0.1, 0.15) is 11.1 Å². The Morgan fingerprint density at radius 1 is 0.640 bits per heavy atom. The first-order chi connectivity index (χ1) is 12.1. The summed E-state index contributed by atoms with van der Waals surface area (Å²) >= 11 is 0. The van der Waals surface area contributed by atoms with Crippen molar-refractivity contribution >= 4 is 32.3 Å². The van der Waals surface area contributed by atoms with Crippen LogP contribution >= 0.6 is 0 Å². The fourth-order valence-corrected chi connectivity index (χ4v) is 4.20. The molecule has 0 aliphatic carbocycles. The van der Waals surface area contributed by atoms with E-state index in [4.69, 9.17) is 0 Å². The summed E-state index contributed by atoms with van der Waals surface area (Å²) in [5.74, 6) is -0.143. The molecular formula is C24H17F. The minimum Gasteiger partial charge on any atom is -0.206 e. The number of benzene rings is 5. The van der Waals surface area contributed by atoms with E-state index >= 15 is 0 Å². The molecule has 120 valence electrons. The Bertz CT molecular complexity index is 1260. The van der Waals surface area contributed by atoms with Gasteiger partial charge in [-0.2, -0.15) is 0 Å². The summed E-state index contributed by atoms with van der Waals surface area (Å²) < 4.78 is 14.8. The van der Waals surface area contributed by atoms with Crippen LogP contribution in [0.3, 0.4) is 0 Å². The average molecular weight is 324 g/mol. The van der Waals surface area contributed by atoms with Crippen molar-refractivity contribution < 1.29 is 4.39 Å². The Balaban J connectivity index is 2.08. The van der Waals surface area contributed by atoms with Crippen LogP contribution in [-0.4, -0.2) is 0 Å². The standard InChI is InChI=1S/C24H17F/c1-14-6-3-4-9-18(14)22-15(2)12-20-21(25)13-17-8-5-7-16-10-11-19(22)24(20)23(16)17/h3-13H,1-2H3. The second kappa shape index (κ2) is 5.03. The Morgan fingerprint density at radius 3 is 2.28 bits per heavy atom. The fraction of sp³-hybridized carbons (Fsp3) is 0.0833. The minimum absolute atomic E-state index is 0.143. The van der Waals surface area contributed by atoms with Gasteiger partial charge in [0.05, 0.1) is 0 Å². The van der Waals surface area contributed by atoms with E-state index < -0.39 is 0 Å². The molecule has 0 aromatic heterocycles. The van der Waals surface area contributed by atoms with Crippen LogP contribution in [-0.2, 0) is 0 Å². The van der Waals surface area contributed by atoms with Gasteiger partial charge in [0.25, 0.3) is 0 Å². The van der Waals surface area contributed by atoms with E-state index in [1.54, 1.807) is 6.07 Å². The first kappa shape index (κ1) is 14.4. The van der Waals surface area contributed by atoms with Gasteiger partial charge in [0.2, 0.25) is 0 Å². The van der Waals surface area contributed by atoms with E-state index in [0.29, 0.717) is 5.39 Å². The first-order valence-corrected chi connectivity index (χ1v) is 8.58. The molecule has 25 heavy (non-hydrogen) atoms. The lowest BCUT2D eigenvalue weighted by atomic mass is 9.86. The van der Waals surface area contributed by atoms with Crippen molar-refractivity contribution in [3.8, 4) is 11.1 Å². The van der Waals surface area contributed by atoms with Gasteiger partial charge in [-0.25, -0.2) is 4.39 Å². The van der Waals surface area contributed by atoms with Crippen molar-refractivity contribution in [1.82, 2.24) is 0 Å². The quantitative estimate of drug-likeness (QED) is 0.291. The molecule has 0 N–H and O–H groups in total. The van der Waals surface area contributed by atoms with Crippen LogP contribution in [0.15, 0.2) is 66.7 Å². The number of halogens is 1. The molecule has 0 nitrogen and oxygen atoms in total. The summed E-state index contributed by atoms with van der Waals surface area (Å²) in [6, 6.07) is 22.5. The molecule has 0 aliphatic heterocycles. The highest BCUT2D eigenvalue weighted by Gasteiger charge is 2.17. The average Bonchev–Trinajstić information content (AvgIpc) is 2.61. The fourth-order valence-electron chi connectivity index (χ4n) is 4.20. The van der Waals surface area contributed by atoms with Crippen molar-refractivity contribution in [2.75, 3.05) is 0 Å². The van der Waals surface area contributed by atoms with E-state index in [-0.39, 0.29) is 5.82 Å². The van der Waals surface area contributed by atoms with Crippen molar-refractivity contribution in [2.24, 2.45) is 0 Å². The molecule has 0 amide bonds. The largest absolute Gasteiger partial charge is 0.206 e. The van der Waals surface area contributed by atoms with Gasteiger partial charge in [-0.05, 0) is 69.8 Å². The predicted molar refractivity (Wildman–Crippen MR) is 105 cm³/mol. The molecular weight excluding hydrogens is 307 g/mol. The Kier molecular flexibility index (Phi) is 2.90. The maximum Gasteiger partial charge on any atom is 0.131 e. The number of hydrogen-bond acceptors (Lipinski definition) is 0. The molecule has 1 heteroatoms. The third kappa shape index (κ3) is 1.93. The smallest absolute Gasteiger partial charge is 0.131 e. The van der Waals surface area contributed by atoms with Gasteiger partial charge in [0.15, 0.2) is 0 Å². The van der Waals surface area contributed by atoms with E-state index in [0.717, 1.165) is 32.5 Å². The van der Waals surface area contributed by atoms with E-state index in [2.05, 4.69) is 56.3 Å². The highest BCUT2D eigenvalue weighted by molar-refractivity contribution is 6.26. The lowest BCUT2D eigenvalue weighted by Gasteiger charge is -2.18. The Hall–Kier alpha value is -2.93. The summed E-state index contributed by atoms with van der Waals surface area (Å²) in [7, 11) is 0. The molecule has 0 spiro atoms. The van der Waals surface area contributed by atoms with Crippen LogP contribution in [0.4, 0.5) is 4.39 Å². The number of aryl methyl sites for hydroxylation is 2. The van der Waals surface area contributed by atoms with Gasteiger partial charge in [-0.1, -0.05) is 54.6 Å². The molecule has 0 atom stereocenters. The third-order valence-corrected chi connectivity index (χ3v) is 5.33. The van der Waals surface area contributed by atoms with Gasteiger partial charge in [-0.15, -0.1) is 0 Å². The normalized spacial score (nSPS) is 11.8. The molecule has 5 aromatic carbocycles.